The summed E-state index contributed by atoms with van der Waals surface area (Å²) in [4.78, 5) is 3.83. The van der Waals surface area contributed by atoms with Gasteiger partial charge in [0, 0.05) is 5.33 Å². The second-order valence-corrected chi connectivity index (χ2v) is 3.57. The number of hydrogen-bond acceptors (Lipinski definition) is 1. The van der Waals surface area contributed by atoms with Crippen molar-refractivity contribution in [2.75, 3.05) is 5.33 Å². The molecule has 0 radical (unpaired) electrons. The Morgan fingerprint density at radius 2 is 1.92 bits per heavy atom. The SMILES string of the molecule is C=C(CBr)c1cc(Cl)nc(Cl)c1. The molecular formula is C8H6BrCl2N. The molecule has 0 bridgehead atoms. The van der Waals surface area contributed by atoms with Gasteiger partial charge in [-0.3, -0.25) is 0 Å². The number of rotatable bonds is 2. The van der Waals surface area contributed by atoms with E-state index in [1.807, 2.05) is 0 Å². The largest absolute Gasteiger partial charge is 0.224 e. The summed E-state index contributed by atoms with van der Waals surface area (Å²) >= 11 is 14.7. The van der Waals surface area contributed by atoms with Gasteiger partial charge in [-0.15, -0.1) is 0 Å². The molecule has 64 valence electrons. The van der Waals surface area contributed by atoms with Crippen LogP contribution in [0.3, 0.4) is 0 Å². The van der Waals surface area contributed by atoms with Gasteiger partial charge in [-0.1, -0.05) is 45.7 Å². The number of alkyl halides is 1. The van der Waals surface area contributed by atoms with Crippen molar-refractivity contribution in [1.29, 1.82) is 0 Å². The Balaban J connectivity index is 3.08. The van der Waals surface area contributed by atoms with Gasteiger partial charge in [0.25, 0.3) is 0 Å². The third kappa shape index (κ3) is 2.47. The van der Waals surface area contributed by atoms with Crippen molar-refractivity contribution >= 4 is 44.7 Å². The number of hydrogen-bond donors (Lipinski definition) is 0. The Kier molecular flexibility index (Phi) is 3.56. The molecule has 0 saturated heterocycles. The third-order valence-electron chi connectivity index (χ3n) is 1.33. The molecule has 0 aliphatic carbocycles. The maximum Gasteiger partial charge on any atom is 0.131 e. The summed E-state index contributed by atoms with van der Waals surface area (Å²) in [6, 6.07) is 3.47. The molecule has 1 rings (SSSR count). The Bertz CT molecular complexity index is 292. The summed E-state index contributed by atoms with van der Waals surface area (Å²) in [7, 11) is 0. The molecule has 0 aliphatic heterocycles. The van der Waals surface area contributed by atoms with E-state index in [0.29, 0.717) is 15.6 Å². The molecule has 4 heteroatoms. The van der Waals surface area contributed by atoms with Gasteiger partial charge in [-0.05, 0) is 23.3 Å². The minimum absolute atomic E-state index is 0.389. The maximum absolute atomic E-state index is 5.70. The van der Waals surface area contributed by atoms with Gasteiger partial charge in [0.15, 0.2) is 0 Å². The molecule has 0 aliphatic rings. The highest BCUT2D eigenvalue weighted by Gasteiger charge is 2.01. The van der Waals surface area contributed by atoms with Crippen molar-refractivity contribution in [2.45, 2.75) is 0 Å². The monoisotopic (exact) mass is 265 g/mol. The first-order valence-corrected chi connectivity index (χ1v) is 5.08. The predicted octanol–water partition coefficient (Wildman–Crippen LogP) is 3.80. The summed E-state index contributed by atoms with van der Waals surface area (Å²) in [5.41, 5.74) is 1.85. The molecule has 0 unspecified atom stereocenters. The Morgan fingerprint density at radius 1 is 1.42 bits per heavy atom. The van der Waals surface area contributed by atoms with Crippen LogP contribution in [-0.2, 0) is 0 Å². The molecule has 1 aromatic rings. The lowest BCUT2D eigenvalue weighted by Crippen LogP contribution is -1.86. The van der Waals surface area contributed by atoms with E-state index < -0.39 is 0 Å². The molecule has 0 fully saturated rings. The number of aromatic nitrogens is 1. The highest BCUT2D eigenvalue weighted by molar-refractivity contribution is 9.09. The topological polar surface area (TPSA) is 12.9 Å². The minimum Gasteiger partial charge on any atom is -0.224 e. The average molecular weight is 267 g/mol. The first kappa shape index (κ1) is 10.0. The molecule has 12 heavy (non-hydrogen) atoms. The molecule has 0 atom stereocenters. The van der Waals surface area contributed by atoms with E-state index in [1.54, 1.807) is 12.1 Å². The molecular weight excluding hydrogens is 261 g/mol. The van der Waals surface area contributed by atoms with Crippen LogP contribution in [0.5, 0.6) is 0 Å². The lowest BCUT2D eigenvalue weighted by Gasteiger charge is -2.02. The second-order valence-electron chi connectivity index (χ2n) is 2.24. The van der Waals surface area contributed by atoms with Gasteiger partial charge in [-0.2, -0.15) is 0 Å². The van der Waals surface area contributed by atoms with Crippen LogP contribution in [-0.4, -0.2) is 10.3 Å². The van der Waals surface area contributed by atoms with Gasteiger partial charge in [0.2, 0.25) is 0 Å². The molecule has 1 aromatic heterocycles. The lowest BCUT2D eigenvalue weighted by molar-refractivity contribution is 1.31. The van der Waals surface area contributed by atoms with E-state index in [4.69, 9.17) is 23.2 Å². The number of allylic oxidation sites excluding steroid dienone is 1. The number of halogens is 3. The van der Waals surface area contributed by atoms with Crippen molar-refractivity contribution < 1.29 is 0 Å². The molecule has 1 heterocycles. The predicted molar refractivity (Wildman–Crippen MR) is 57.1 cm³/mol. The standard InChI is InChI=1S/C8H6BrCl2N/c1-5(4-9)6-2-7(10)12-8(11)3-6/h2-3H,1,4H2. The highest BCUT2D eigenvalue weighted by Crippen LogP contribution is 2.21. The smallest absolute Gasteiger partial charge is 0.131 e. The van der Waals surface area contributed by atoms with Crippen molar-refractivity contribution in [2.24, 2.45) is 0 Å². The van der Waals surface area contributed by atoms with E-state index in [9.17, 15) is 0 Å². The van der Waals surface area contributed by atoms with Gasteiger partial charge in [0.05, 0.1) is 0 Å². The lowest BCUT2D eigenvalue weighted by atomic mass is 10.1. The number of nitrogens with zero attached hydrogens (tertiary/aromatic N) is 1. The van der Waals surface area contributed by atoms with Crippen LogP contribution in [0.25, 0.3) is 5.57 Å². The summed E-state index contributed by atoms with van der Waals surface area (Å²) in [5.74, 6) is 0. The van der Waals surface area contributed by atoms with Crippen LogP contribution < -0.4 is 0 Å². The molecule has 0 aromatic carbocycles. The van der Waals surface area contributed by atoms with Crippen molar-refractivity contribution in [1.82, 2.24) is 4.98 Å². The summed E-state index contributed by atoms with van der Waals surface area (Å²) in [6.07, 6.45) is 0. The fourth-order valence-corrected chi connectivity index (χ4v) is 1.53. The van der Waals surface area contributed by atoms with Gasteiger partial charge >= 0.3 is 0 Å². The van der Waals surface area contributed by atoms with Gasteiger partial charge in [-0.25, -0.2) is 4.98 Å². The summed E-state index contributed by atoms with van der Waals surface area (Å²) in [5, 5.41) is 1.48. The molecule has 0 spiro atoms. The fourth-order valence-electron chi connectivity index (χ4n) is 0.746. The molecule has 0 amide bonds. The zero-order valence-electron chi connectivity index (χ0n) is 6.15. The van der Waals surface area contributed by atoms with Crippen LogP contribution in [0.2, 0.25) is 10.3 Å². The molecule has 1 nitrogen and oxygen atoms in total. The first-order chi connectivity index (χ1) is 5.63. The molecule has 0 N–H and O–H groups in total. The normalized spacial score (nSPS) is 9.92. The summed E-state index contributed by atoms with van der Waals surface area (Å²) < 4.78 is 0. The zero-order chi connectivity index (χ0) is 9.14. The Labute approximate surface area is 89.5 Å². The first-order valence-electron chi connectivity index (χ1n) is 3.20. The third-order valence-corrected chi connectivity index (χ3v) is 2.40. The van der Waals surface area contributed by atoms with E-state index >= 15 is 0 Å². The Morgan fingerprint density at radius 3 is 2.33 bits per heavy atom. The number of pyridine rings is 1. The van der Waals surface area contributed by atoms with E-state index in [-0.39, 0.29) is 0 Å². The van der Waals surface area contributed by atoms with Crippen molar-refractivity contribution in [3.05, 3.63) is 34.6 Å². The quantitative estimate of drug-likeness (QED) is 0.586. The summed E-state index contributed by atoms with van der Waals surface area (Å²) in [6.45, 7) is 3.83. The van der Waals surface area contributed by atoms with Crippen molar-refractivity contribution in [3.63, 3.8) is 0 Å². The van der Waals surface area contributed by atoms with Gasteiger partial charge in [0.1, 0.15) is 10.3 Å². The van der Waals surface area contributed by atoms with E-state index in [1.165, 1.54) is 0 Å². The van der Waals surface area contributed by atoms with E-state index in [2.05, 4.69) is 27.5 Å². The zero-order valence-corrected chi connectivity index (χ0v) is 9.25. The van der Waals surface area contributed by atoms with Crippen molar-refractivity contribution in [3.8, 4) is 0 Å². The van der Waals surface area contributed by atoms with Crippen LogP contribution in [0, 0.1) is 0 Å². The maximum atomic E-state index is 5.70. The molecule has 0 saturated carbocycles. The highest BCUT2D eigenvalue weighted by atomic mass is 79.9. The van der Waals surface area contributed by atoms with Crippen LogP contribution >= 0.6 is 39.1 Å². The van der Waals surface area contributed by atoms with Crippen LogP contribution in [0.1, 0.15) is 5.56 Å². The second kappa shape index (κ2) is 4.26. The minimum atomic E-state index is 0.389. The fraction of sp³-hybridized carbons (Fsp3) is 0.125. The van der Waals surface area contributed by atoms with E-state index in [0.717, 1.165) is 11.1 Å². The van der Waals surface area contributed by atoms with Crippen LogP contribution in [0.15, 0.2) is 18.7 Å². The van der Waals surface area contributed by atoms with Crippen LogP contribution in [0.4, 0.5) is 0 Å². The Hall–Kier alpha value is -0.0500. The van der Waals surface area contributed by atoms with Gasteiger partial charge < -0.3 is 0 Å². The average Bonchev–Trinajstić information content (AvgIpc) is 2.01.